The van der Waals surface area contributed by atoms with E-state index in [0.717, 1.165) is 26.9 Å². The molecule has 11 heteroatoms. The highest BCUT2D eigenvalue weighted by Crippen LogP contribution is 2.27. The number of hydrogen-bond acceptors (Lipinski definition) is 5. The summed E-state index contributed by atoms with van der Waals surface area (Å²) in [5.74, 6) is -0.128. The molecule has 0 unspecified atom stereocenters. The van der Waals surface area contributed by atoms with Crippen molar-refractivity contribution in [1.82, 2.24) is 9.99 Å². The molecule has 0 bridgehead atoms. The van der Waals surface area contributed by atoms with Crippen molar-refractivity contribution in [2.45, 2.75) is 18.7 Å². The summed E-state index contributed by atoms with van der Waals surface area (Å²) in [4.78, 5) is 12.9. The highest BCUT2D eigenvalue weighted by Gasteiger charge is 2.27. The molecule has 39 heavy (non-hydrogen) atoms. The van der Waals surface area contributed by atoms with Crippen molar-refractivity contribution in [3.63, 3.8) is 0 Å². The van der Waals surface area contributed by atoms with Crippen LogP contribution >= 0.6 is 23.2 Å². The van der Waals surface area contributed by atoms with E-state index in [-0.39, 0.29) is 10.6 Å². The maximum absolute atomic E-state index is 13.5. The zero-order chi connectivity index (χ0) is 28.2. The van der Waals surface area contributed by atoms with Crippen molar-refractivity contribution in [2.24, 2.45) is 5.10 Å². The number of sulfonamides is 1. The smallest absolute Gasteiger partial charge is 0.264 e. The van der Waals surface area contributed by atoms with Crippen LogP contribution in [-0.4, -0.2) is 38.8 Å². The molecule has 202 valence electrons. The Labute approximate surface area is 237 Å². The maximum atomic E-state index is 13.5. The summed E-state index contributed by atoms with van der Waals surface area (Å²) < 4.78 is 35.2. The number of aryl methyl sites for hydroxylation is 1. The van der Waals surface area contributed by atoms with E-state index in [1.54, 1.807) is 24.3 Å². The van der Waals surface area contributed by atoms with E-state index < -0.39 is 22.5 Å². The van der Waals surface area contributed by atoms with Gasteiger partial charge in [-0.15, -0.1) is 0 Å². The minimum absolute atomic E-state index is 0.00645. The van der Waals surface area contributed by atoms with E-state index in [1.165, 1.54) is 43.7 Å². The highest BCUT2D eigenvalue weighted by molar-refractivity contribution is 7.92. The molecule has 1 N–H and O–H groups in total. The van der Waals surface area contributed by atoms with E-state index in [2.05, 4.69) is 10.5 Å². The van der Waals surface area contributed by atoms with Gasteiger partial charge < -0.3 is 9.30 Å². The van der Waals surface area contributed by atoms with Crippen molar-refractivity contribution in [1.29, 1.82) is 0 Å². The predicted molar refractivity (Wildman–Crippen MR) is 155 cm³/mol. The van der Waals surface area contributed by atoms with E-state index in [4.69, 9.17) is 27.9 Å². The average molecular weight is 586 g/mol. The minimum Gasteiger partial charge on any atom is -0.497 e. The lowest BCUT2D eigenvalue weighted by Crippen LogP contribution is -2.39. The van der Waals surface area contributed by atoms with Gasteiger partial charge in [0.05, 0.1) is 23.9 Å². The number of benzene rings is 3. The fraction of sp³-hybridized carbons (Fsp3) is 0.143. The zero-order valence-corrected chi connectivity index (χ0v) is 23.8. The van der Waals surface area contributed by atoms with Gasteiger partial charge in [-0.2, -0.15) is 5.10 Å². The first-order valence-corrected chi connectivity index (χ1v) is 14.0. The summed E-state index contributed by atoms with van der Waals surface area (Å²) >= 11 is 12.3. The summed E-state index contributed by atoms with van der Waals surface area (Å²) in [6.45, 7) is 3.36. The van der Waals surface area contributed by atoms with Crippen molar-refractivity contribution in [2.75, 3.05) is 18.0 Å². The predicted octanol–water partition coefficient (Wildman–Crippen LogP) is 5.76. The standard InChI is InChI=1S/C28H26Cl2N4O4S/c1-19-14-21(20(2)34(19)25-9-5-7-23(30)16-25)17-31-32-28(35)18-33(24-8-4-6-22(29)15-24)39(36,37)27-12-10-26(38-3)11-13-27/h4-17H,18H2,1-3H3,(H,32,35)/b31-17-. The summed E-state index contributed by atoms with van der Waals surface area (Å²) in [7, 11) is -2.63. The van der Waals surface area contributed by atoms with Crippen molar-refractivity contribution in [3.05, 3.63) is 106 Å². The van der Waals surface area contributed by atoms with Gasteiger partial charge in [-0.1, -0.05) is 35.3 Å². The number of rotatable bonds is 9. The molecule has 0 saturated carbocycles. The molecule has 1 heterocycles. The fourth-order valence-corrected chi connectivity index (χ4v) is 5.87. The van der Waals surface area contributed by atoms with Crippen LogP contribution in [-0.2, 0) is 14.8 Å². The molecule has 3 aromatic carbocycles. The summed E-state index contributed by atoms with van der Waals surface area (Å²) in [6, 6.07) is 21.6. The molecule has 1 aromatic heterocycles. The van der Waals surface area contributed by atoms with E-state index in [1.807, 2.05) is 42.7 Å². The Bertz CT molecular complexity index is 1630. The monoisotopic (exact) mass is 584 g/mol. The van der Waals surface area contributed by atoms with Gasteiger partial charge in [0.25, 0.3) is 15.9 Å². The minimum atomic E-state index is -4.12. The number of anilines is 1. The molecule has 0 saturated heterocycles. The molecule has 0 aliphatic rings. The SMILES string of the molecule is COc1ccc(S(=O)(=O)N(CC(=O)N/N=C\c2cc(C)n(-c3cccc(Cl)c3)c2C)c2cccc(Cl)c2)cc1. The van der Waals surface area contributed by atoms with Crippen molar-refractivity contribution >= 4 is 51.0 Å². The summed E-state index contributed by atoms with van der Waals surface area (Å²) in [6.07, 6.45) is 1.52. The van der Waals surface area contributed by atoms with E-state index in [9.17, 15) is 13.2 Å². The first kappa shape index (κ1) is 28.2. The number of nitrogens with one attached hydrogen (secondary N) is 1. The first-order valence-electron chi connectivity index (χ1n) is 11.8. The zero-order valence-electron chi connectivity index (χ0n) is 21.4. The molecule has 0 atom stereocenters. The molecule has 0 spiro atoms. The third-order valence-electron chi connectivity index (χ3n) is 5.96. The van der Waals surface area contributed by atoms with Crippen LogP contribution in [0.15, 0.2) is 88.9 Å². The number of amides is 1. The third-order valence-corrected chi connectivity index (χ3v) is 8.22. The number of nitrogens with zero attached hydrogens (tertiary/aromatic N) is 3. The van der Waals surface area contributed by atoms with Gasteiger partial charge >= 0.3 is 0 Å². The highest BCUT2D eigenvalue weighted by atomic mass is 35.5. The molecule has 1 amide bonds. The number of methoxy groups -OCH3 is 1. The van der Waals surface area contributed by atoms with Crippen LogP contribution in [0.3, 0.4) is 0 Å². The van der Waals surface area contributed by atoms with Gasteiger partial charge in [-0.3, -0.25) is 9.10 Å². The number of aromatic nitrogens is 1. The first-order chi connectivity index (χ1) is 18.6. The summed E-state index contributed by atoms with van der Waals surface area (Å²) in [5, 5.41) is 5.03. The lowest BCUT2D eigenvalue weighted by molar-refractivity contribution is -0.119. The van der Waals surface area contributed by atoms with Gasteiger partial charge in [-0.05, 0) is 80.6 Å². The van der Waals surface area contributed by atoms with Crippen LogP contribution in [0.4, 0.5) is 5.69 Å². The molecular formula is C28H26Cl2N4O4S. The largest absolute Gasteiger partial charge is 0.497 e. The van der Waals surface area contributed by atoms with Crippen LogP contribution in [0, 0.1) is 13.8 Å². The molecule has 0 fully saturated rings. The quantitative estimate of drug-likeness (QED) is 0.200. The third kappa shape index (κ3) is 6.44. The van der Waals surface area contributed by atoms with Crippen LogP contribution in [0.25, 0.3) is 5.69 Å². The average Bonchev–Trinajstić information content (AvgIpc) is 3.19. The molecular weight excluding hydrogens is 559 g/mol. The Morgan fingerprint density at radius 1 is 1.00 bits per heavy atom. The number of hydrogen-bond donors (Lipinski definition) is 1. The molecule has 0 aliphatic heterocycles. The van der Waals surface area contributed by atoms with Gasteiger partial charge in [0.15, 0.2) is 0 Å². The van der Waals surface area contributed by atoms with Crippen LogP contribution < -0.4 is 14.5 Å². The number of carbonyl (C=O) groups excluding carboxylic acids is 1. The molecule has 8 nitrogen and oxygen atoms in total. The number of halogens is 2. The lowest BCUT2D eigenvalue weighted by atomic mass is 10.2. The summed E-state index contributed by atoms with van der Waals surface area (Å²) in [5.41, 5.74) is 6.22. The van der Waals surface area contributed by atoms with E-state index in [0.29, 0.717) is 15.8 Å². The Morgan fingerprint density at radius 3 is 2.31 bits per heavy atom. The van der Waals surface area contributed by atoms with Gasteiger partial charge in [0, 0.05) is 32.7 Å². The Morgan fingerprint density at radius 2 is 1.67 bits per heavy atom. The Kier molecular flexibility index (Phi) is 8.64. The normalized spacial score (nSPS) is 11.5. The molecule has 0 aliphatic carbocycles. The van der Waals surface area contributed by atoms with Gasteiger partial charge in [-0.25, -0.2) is 13.8 Å². The molecule has 4 aromatic rings. The molecule has 4 rings (SSSR count). The lowest BCUT2D eigenvalue weighted by Gasteiger charge is -2.24. The van der Waals surface area contributed by atoms with Crippen LogP contribution in [0.2, 0.25) is 10.0 Å². The second kappa shape index (κ2) is 11.9. The maximum Gasteiger partial charge on any atom is 0.264 e. The van der Waals surface area contributed by atoms with Crippen molar-refractivity contribution < 1.29 is 17.9 Å². The van der Waals surface area contributed by atoms with Crippen LogP contribution in [0.1, 0.15) is 17.0 Å². The van der Waals surface area contributed by atoms with Gasteiger partial charge in [0.1, 0.15) is 12.3 Å². The second-order valence-electron chi connectivity index (χ2n) is 8.60. The van der Waals surface area contributed by atoms with Crippen molar-refractivity contribution in [3.8, 4) is 11.4 Å². The van der Waals surface area contributed by atoms with E-state index >= 15 is 0 Å². The fourth-order valence-electron chi connectivity index (χ4n) is 4.09. The second-order valence-corrected chi connectivity index (χ2v) is 11.3. The van der Waals surface area contributed by atoms with Gasteiger partial charge in [0.2, 0.25) is 0 Å². The number of carbonyl (C=O) groups is 1. The number of hydrazone groups is 1. The topological polar surface area (TPSA) is 93.0 Å². The number of ether oxygens (including phenoxy) is 1. The molecule has 0 radical (unpaired) electrons. The Balaban J connectivity index is 1.56. The Hall–Kier alpha value is -3.79. The van der Waals surface area contributed by atoms with Crippen LogP contribution in [0.5, 0.6) is 5.75 Å².